The molecular formula is C16H24N4O2. The van der Waals surface area contributed by atoms with Crippen LogP contribution in [0, 0.1) is 0 Å². The molecule has 0 radical (unpaired) electrons. The van der Waals surface area contributed by atoms with Crippen molar-refractivity contribution < 1.29 is 9.53 Å². The Morgan fingerprint density at radius 3 is 2.77 bits per heavy atom. The molecule has 3 aliphatic heterocycles. The van der Waals surface area contributed by atoms with Crippen LogP contribution in [0.3, 0.4) is 0 Å². The Morgan fingerprint density at radius 1 is 1.18 bits per heavy atom. The molecule has 22 heavy (non-hydrogen) atoms. The van der Waals surface area contributed by atoms with Crippen molar-refractivity contribution in [3.8, 4) is 0 Å². The molecule has 0 bridgehead atoms. The summed E-state index contributed by atoms with van der Waals surface area (Å²) in [5.41, 5.74) is -0.150. The minimum atomic E-state index is -0.150. The van der Waals surface area contributed by atoms with E-state index < -0.39 is 0 Å². The molecule has 1 spiro atoms. The molecule has 3 aliphatic rings. The minimum absolute atomic E-state index is 0.150. The van der Waals surface area contributed by atoms with Crippen molar-refractivity contribution in [3.63, 3.8) is 0 Å². The lowest BCUT2D eigenvalue weighted by molar-refractivity contribution is -0.0437. The molecule has 2 atom stereocenters. The zero-order valence-corrected chi connectivity index (χ0v) is 13.0. The zero-order chi connectivity index (χ0) is 15.0. The topological polar surface area (TPSA) is 50.6 Å². The molecule has 1 aromatic heterocycles. The number of carbonyl (C=O) groups is 1. The molecule has 4 heterocycles. The molecule has 3 saturated heterocycles. The average Bonchev–Trinajstić information content (AvgIpc) is 3.28. The predicted molar refractivity (Wildman–Crippen MR) is 81.6 cm³/mol. The molecule has 0 aliphatic carbocycles. The summed E-state index contributed by atoms with van der Waals surface area (Å²) < 4.78 is 8.33. The van der Waals surface area contributed by atoms with E-state index in [0.29, 0.717) is 6.04 Å². The van der Waals surface area contributed by atoms with Crippen molar-refractivity contribution in [2.24, 2.45) is 0 Å². The highest BCUT2D eigenvalue weighted by molar-refractivity contribution is 5.75. The number of hydrogen-bond donors (Lipinski definition) is 0. The van der Waals surface area contributed by atoms with Gasteiger partial charge in [0.15, 0.2) is 0 Å². The molecule has 0 N–H and O–H groups in total. The van der Waals surface area contributed by atoms with Crippen molar-refractivity contribution in [2.75, 3.05) is 32.8 Å². The van der Waals surface area contributed by atoms with E-state index in [-0.39, 0.29) is 11.6 Å². The van der Waals surface area contributed by atoms with Crippen LogP contribution in [0.5, 0.6) is 0 Å². The number of aromatic nitrogens is 2. The van der Waals surface area contributed by atoms with E-state index in [1.165, 1.54) is 0 Å². The van der Waals surface area contributed by atoms with Crippen molar-refractivity contribution in [1.82, 2.24) is 19.4 Å². The first-order chi connectivity index (χ1) is 10.8. The molecule has 2 amide bonds. The Morgan fingerprint density at radius 2 is 2.00 bits per heavy atom. The largest absolute Gasteiger partial charge is 0.371 e. The summed E-state index contributed by atoms with van der Waals surface area (Å²) in [6.45, 7) is 4.17. The van der Waals surface area contributed by atoms with E-state index in [1.54, 1.807) is 0 Å². The summed E-state index contributed by atoms with van der Waals surface area (Å²) in [7, 11) is 0. The minimum Gasteiger partial charge on any atom is -0.371 e. The maximum atomic E-state index is 12.6. The third-order valence-electron chi connectivity index (χ3n) is 5.32. The SMILES string of the molecule is O=C(N1CCCC1)N1CCC[C@]2(C[C@H](n3ccnc3)CO2)C1. The summed E-state index contributed by atoms with van der Waals surface area (Å²) in [6.07, 6.45) is 11.0. The Kier molecular flexibility index (Phi) is 3.56. The van der Waals surface area contributed by atoms with Crippen LogP contribution in [0.1, 0.15) is 38.1 Å². The van der Waals surface area contributed by atoms with Gasteiger partial charge in [-0.3, -0.25) is 0 Å². The fourth-order valence-electron chi connectivity index (χ4n) is 4.15. The number of ether oxygens (including phenoxy) is 1. The monoisotopic (exact) mass is 304 g/mol. The molecule has 6 nitrogen and oxygen atoms in total. The number of hydrogen-bond acceptors (Lipinski definition) is 3. The lowest BCUT2D eigenvalue weighted by atomic mass is 9.89. The van der Waals surface area contributed by atoms with Crippen molar-refractivity contribution in [3.05, 3.63) is 18.7 Å². The van der Waals surface area contributed by atoms with Gasteiger partial charge in [0.25, 0.3) is 0 Å². The Labute approximate surface area is 131 Å². The maximum absolute atomic E-state index is 12.6. The standard InChI is InChI=1S/C16H24N4O2/c21-15(18-6-1-2-7-18)19-8-3-4-16(12-19)10-14(11-22-16)20-9-5-17-13-20/h5,9,13-14H,1-4,6-8,10-12H2/t14-,16-/m0/s1. The molecule has 0 saturated carbocycles. The first-order valence-corrected chi connectivity index (χ1v) is 8.41. The number of piperidine rings is 1. The van der Waals surface area contributed by atoms with E-state index in [9.17, 15) is 4.79 Å². The molecule has 1 aromatic rings. The van der Waals surface area contributed by atoms with Crippen molar-refractivity contribution in [2.45, 2.75) is 43.7 Å². The van der Waals surface area contributed by atoms with E-state index in [4.69, 9.17) is 4.74 Å². The predicted octanol–water partition coefficient (Wildman–Crippen LogP) is 1.89. The quantitative estimate of drug-likeness (QED) is 0.796. The number of urea groups is 1. The average molecular weight is 304 g/mol. The van der Waals surface area contributed by atoms with Gasteiger partial charge in [-0.15, -0.1) is 0 Å². The second-order valence-electron chi connectivity index (χ2n) is 6.86. The van der Waals surface area contributed by atoms with Gasteiger partial charge in [0, 0.05) is 38.4 Å². The van der Waals surface area contributed by atoms with Gasteiger partial charge in [-0.1, -0.05) is 0 Å². The van der Waals surface area contributed by atoms with Gasteiger partial charge < -0.3 is 19.1 Å². The zero-order valence-electron chi connectivity index (χ0n) is 13.0. The first-order valence-electron chi connectivity index (χ1n) is 8.41. The number of nitrogens with zero attached hydrogens (tertiary/aromatic N) is 4. The van der Waals surface area contributed by atoms with Crippen LogP contribution in [0.15, 0.2) is 18.7 Å². The van der Waals surface area contributed by atoms with Crippen LogP contribution in [0.4, 0.5) is 4.79 Å². The Bertz CT molecular complexity index is 526. The normalized spacial score (nSPS) is 32.1. The molecule has 3 fully saturated rings. The van der Waals surface area contributed by atoms with Crippen LogP contribution in [-0.4, -0.2) is 63.8 Å². The van der Waals surface area contributed by atoms with Crippen molar-refractivity contribution >= 4 is 6.03 Å². The third-order valence-corrected chi connectivity index (χ3v) is 5.32. The van der Waals surface area contributed by atoms with Crippen LogP contribution in [0.25, 0.3) is 0 Å². The van der Waals surface area contributed by atoms with Gasteiger partial charge in [0.1, 0.15) is 0 Å². The second-order valence-corrected chi connectivity index (χ2v) is 6.86. The van der Waals surface area contributed by atoms with Gasteiger partial charge in [-0.25, -0.2) is 9.78 Å². The highest BCUT2D eigenvalue weighted by atomic mass is 16.5. The number of rotatable bonds is 1. The molecule has 0 aromatic carbocycles. The van der Waals surface area contributed by atoms with Crippen molar-refractivity contribution in [1.29, 1.82) is 0 Å². The number of amides is 2. The fourth-order valence-corrected chi connectivity index (χ4v) is 4.15. The molecule has 0 unspecified atom stereocenters. The van der Waals surface area contributed by atoms with Crippen LogP contribution >= 0.6 is 0 Å². The summed E-state index contributed by atoms with van der Waals surface area (Å²) in [5, 5.41) is 0. The highest BCUT2D eigenvalue weighted by Crippen LogP contribution is 2.39. The summed E-state index contributed by atoms with van der Waals surface area (Å²) in [4.78, 5) is 20.8. The summed E-state index contributed by atoms with van der Waals surface area (Å²) in [5.74, 6) is 0. The molecule has 6 heteroatoms. The van der Waals surface area contributed by atoms with E-state index >= 15 is 0 Å². The van der Waals surface area contributed by atoms with Gasteiger partial charge in [0.2, 0.25) is 0 Å². The van der Waals surface area contributed by atoms with E-state index in [2.05, 4.69) is 9.55 Å². The summed E-state index contributed by atoms with van der Waals surface area (Å²) >= 11 is 0. The van der Waals surface area contributed by atoms with Gasteiger partial charge >= 0.3 is 6.03 Å². The van der Waals surface area contributed by atoms with Gasteiger partial charge in [0.05, 0.1) is 31.1 Å². The molecule has 4 rings (SSSR count). The lowest BCUT2D eigenvalue weighted by Crippen LogP contribution is -2.53. The van der Waals surface area contributed by atoms with Gasteiger partial charge in [-0.2, -0.15) is 0 Å². The summed E-state index contributed by atoms with van der Waals surface area (Å²) in [6, 6.07) is 0.565. The Balaban J connectivity index is 1.43. The maximum Gasteiger partial charge on any atom is 0.320 e. The first kappa shape index (κ1) is 14.1. The molecule has 120 valence electrons. The van der Waals surface area contributed by atoms with Crippen LogP contribution in [-0.2, 0) is 4.74 Å². The number of likely N-dealkylation sites (tertiary alicyclic amines) is 2. The highest BCUT2D eigenvalue weighted by Gasteiger charge is 2.45. The Hall–Kier alpha value is -1.56. The third kappa shape index (κ3) is 2.49. The van der Waals surface area contributed by atoms with E-state index in [1.807, 2.05) is 28.5 Å². The second kappa shape index (κ2) is 5.57. The van der Waals surface area contributed by atoms with Gasteiger partial charge in [-0.05, 0) is 25.7 Å². The fraction of sp³-hybridized carbons (Fsp3) is 0.750. The number of carbonyl (C=O) groups excluding carboxylic acids is 1. The van der Waals surface area contributed by atoms with E-state index in [0.717, 1.165) is 64.9 Å². The van der Waals surface area contributed by atoms with Crippen LogP contribution < -0.4 is 0 Å². The number of imidazole rings is 1. The smallest absolute Gasteiger partial charge is 0.320 e. The molecular weight excluding hydrogens is 280 g/mol. The lowest BCUT2D eigenvalue weighted by Gasteiger charge is -2.41. The van der Waals surface area contributed by atoms with Crippen LogP contribution in [0.2, 0.25) is 0 Å².